The summed E-state index contributed by atoms with van der Waals surface area (Å²) in [6.07, 6.45) is -0.216. The SMILES string of the molecule is Nc1ccc2c(CC(=O)O)cc(=O)oc2c1. The van der Waals surface area contributed by atoms with Crippen LogP contribution in [0.3, 0.4) is 0 Å². The number of nitrogens with two attached hydrogens (primary N) is 1. The van der Waals surface area contributed by atoms with Gasteiger partial charge in [-0.25, -0.2) is 4.79 Å². The van der Waals surface area contributed by atoms with Crippen molar-refractivity contribution < 1.29 is 14.3 Å². The molecule has 1 aromatic carbocycles. The van der Waals surface area contributed by atoms with Gasteiger partial charge in [0.15, 0.2) is 0 Å². The highest BCUT2D eigenvalue weighted by Crippen LogP contribution is 2.19. The number of anilines is 1. The van der Waals surface area contributed by atoms with Crippen LogP contribution >= 0.6 is 0 Å². The summed E-state index contributed by atoms with van der Waals surface area (Å²) in [6, 6.07) is 5.97. The number of carbonyl (C=O) groups is 1. The van der Waals surface area contributed by atoms with Crippen LogP contribution in [-0.2, 0) is 11.2 Å². The zero-order valence-corrected chi connectivity index (χ0v) is 8.27. The highest BCUT2D eigenvalue weighted by atomic mass is 16.4. The van der Waals surface area contributed by atoms with Gasteiger partial charge in [-0.05, 0) is 17.7 Å². The Morgan fingerprint density at radius 1 is 1.38 bits per heavy atom. The van der Waals surface area contributed by atoms with Crippen molar-refractivity contribution in [3.8, 4) is 0 Å². The van der Waals surface area contributed by atoms with Crippen LogP contribution in [0.2, 0.25) is 0 Å². The van der Waals surface area contributed by atoms with Crippen LogP contribution in [0.1, 0.15) is 5.56 Å². The lowest BCUT2D eigenvalue weighted by molar-refractivity contribution is -0.136. The quantitative estimate of drug-likeness (QED) is 0.580. The third kappa shape index (κ3) is 1.88. The fourth-order valence-electron chi connectivity index (χ4n) is 1.56. The molecule has 0 atom stereocenters. The van der Waals surface area contributed by atoms with E-state index < -0.39 is 11.6 Å². The molecule has 2 rings (SSSR count). The van der Waals surface area contributed by atoms with Crippen LogP contribution < -0.4 is 11.4 Å². The van der Waals surface area contributed by atoms with Crippen molar-refractivity contribution in [3.63, 3.8) is 0 Å². The van der Waals surface area contributed by atoms with Crippen molar-refractivity contribution >= 4 is 22.6 Å². The average molecular weight is 219 g/mol. The fraction of sp³-hybridized carbons (Fsp3) is 0.0909. The van der Waals surface area contributed by atoms with E-state index >= 15 is 0 Å². The van der Waals surface area contributed by atoms with Crippen LogP contribution in [0.5, 0.6) is 0 Å². The van der Waals surface area contributed by atoms with Crippen molar-refractivity contribution in [3.05, 3.63) is 40.2 Å². The van der Waals surface area contributed by atoms with E-state index in [-0.39, 0.29) is 6.42 Å². The van der Waals surface area contributed by atoms with Crippen LogP contribution in [0.4, 0.5) is 5.69 Å². The molecule has 0 unspecified atom stereocenters. The summed E-state index contributed by atoms with van der Waals surface area (Å²) < 4.78 is 4.94. The molecule has 0 aliphatic rings. The summed E-state index contributed by atoms with van der Waals surface area (Å²) in [7, 11) is 0. The van der Waals surface area contributed by atoms with Gasteiger partial charge >= 0.3 is 11.6 Å². The molecule has 5 heteroatoms. The largest absolute Gasteiger partial charge is 0.481 e. The lowest BCUT2D eigenvalue weighted by Crippen LogP contribution is -2.06. The number of aliphatic carboxylic acids is 1. The number of rotatable bonds is 2. The van der Waals surface area contributed by atoms with Gasteiger partial charge in [0.25, 0.3) is 0 Å². The molecule has 0 aliphatic heterocycles. The highest BCUT2D eigenvalue weighted by molar-refractivity contribution is 5.86. The van der Waals surface area contributed by atoms with E-state index in [4.69, 9.17) is 15.3 Å². The molecule has 0 amide bonds. The van der Waals surface area contributed by atoms with Crippen molar-refractivity contribution in [2.45, 2.75) is 6.42 Å². The molecule has 0 spiro atoms. The molecule has 1 heterocycles. The summed E-state index contributed by atoms with van der Waals surface area (Å²) in [6.45, 7) is 0. The monoisotopic (exact) mass is 219 g/mol. The van der Waals surface area contributed by atoms with Crippen LogP contribution in [0, 0.1) is 0 Å². The molecular weight excluding hydrogens is 210 g/mol. The van der Waals surface area contributed by atoms with Gasteiger partial charge in [0.1, 0.15) is 5.58 Å². The van der Waals surface area contributed by atoms with E-state index in [9.17, 15) is 9.59 Å². The maximum absolute atomic E-state index is 11.2. The maximum Gasteiger partial charge on any atom is 0.336 e. The minimum absolute atomic E-state index is 0.216. The third-order valence-corrected chi connectivity index (χ3v) is 2.20. The summed E-state index contributed by atoms with van der Waals surface area (Å²) >= 11 is 0. The summed E-state index contributed by atoms with van der Waals surface area (Å²) in [5, 5.41) is 9.31. The number of fused-ring (bicyclic) bond motifs is 1. The van der Waals surface area contributed by atoms with E-state index in [1.807, 2.05) is 0 Å². The zero-order chi connectivity index (χ0) is 11.7. The first-order valence-corrected chi connectivity index (χ1v) is 4.60. The van der Waals surface area contributed by atoms with Gasteiger partial charge in [-0.1, -0.05) is 0 Å². The number of nitrogen functional groups attached to an aromatic ring is 1. The van der Waals surface area contributed by atoms with E-state index in [1.165, 1.54) is 12.1 Å². The number of hydrogen-bond donors (Lipinski definition) is 2. The predicted octanol–water partition coefficient (Wildman–Crippen LogP) is 1.00. The van der Waals surface area contributed by atoms with Crippen LogP contribution in [0.15, 0.2) is 33.5 Å². The van der Waals surface area contributed by atoms with Crippen molar-refractivity contribution in [2.24, 2.45) is 0 Å². The van der Waals surface area contributed by atoms with Crippen molar-refractivity contribution in [1.29, 1.82) is 0 Å². The molecule has 0 radical (unpaired) electrons. The Kier molecular flexibility index (Phi) is 2.36. The fourth-order valence-corrected chi connectivity index (χ4v) is 1.56. The first-order chi connectivity index (χ1) is 7.56. The summed E-state index contributed by atoms with van der Waals surface area (Å²) in [4.78, 5) is 21.8. The van der Waals surface area contributed by atoms with Crippen LogP contribution in [-0.4, -0.2) is 11.1 Å². The molecule has 82 valence electrons. The lowest BCUT2D eigenvalue weighted by atomic mass is 10.1. The number of hydrogen-bond acceptors (Lipinski definition) is 4. The standard InChI is InChI=1S/C11H9NO4/c12-7-1-2-8-6(3-10(13)14)4-11(15)16-9(8)5-7/h1-2,4-5H,3,12H2,(H,13,14). The van der Waals surface area contributed by atoms with Gasteiger partial charge in [0.05, 0.1) is 6.42 Å². The van der Waals surface area contributed by atoms with E-state index in [0.29, 0.717) is 22.2 Å². The Hall–Kier alpha value is -2.30. The lowest BCUT2D eigenvalue weighted by Gasteiger charge is -2.03. The molecule has 0 saturated carbocycles. The highest BCUT2D eigenvalue weighted by Gasteiger charge is 2.08. The normalized spacial score (nSPS) is 10.5. The van der Waals surface area contributed by atoms with Gasteiger partial charge in [0.2, 0.25) is 0 Å². The van der Waals surface area contributed by atoms with Crippen LogP contribution in [0.25, 0.3) is 11.0 Å². The average Bonchev–Trinajstić information content (AvgIpc) is 2.15. The third-order valence-electron chi connectivity index (χ3n) is 2.20. The van der Waals surface area contributed by atoms with Gasteiger partial charge in [-0.3, -0.25) is 4.79 Å². The number of benzene rings is 1. The molecule has 1 aromatic heterocycles. The molecule has 0 saturated heterocycles. The minimum atomic E-state index is -0.997. The maximum atomic E-state index is 11.2. The topological polar surface area (TPSA) is 93.5 Å². The molecule has 0 aliphatic carbocycles. The van der Waals surface area contributed by atoms with Gasteiger partial charge < -0.3 is 15.3 Å². The van der Waals surface area contributed by atoms with E-state index in [2.05, 4.69) is 0 Å². The molecule has 3 N–H and O–H groups in total. The minimum Gasteiger partial charge on any atom is -0.481 e. The Bertz CT molecular complexity index is 615. The number of carboxylic acids is 1. The molecular formula is C11H9NO4. The van der Waals surface area contributed by atoms with E-state index in [0.717, 1.165) is 0 Å². The molecule has 2 aromatic rings. The second-order valence-electron chi connectivity index (χ2n) is 3.42. The zero-order valence-electron chi connectivity index (χ0n) is 8.27. The van der Waals surface area contributed by atoms with E-state index in [1.54, 1.807) is 12.1 Å². The predicted molar refractivity (Wildman–Crippen MR) is 58.2 cm³/mol. The second kappa shape index (κ2) is 3.69. The van der Waals surface area contributed by atoms with Gasteiger partial charge in [-0.15, -0.1) is 0 Å². The Morgan fingerprint density at radius 2 is 2.12 bits per heavy atom. The second-order valence-corrected chi connectivity index (χ2v) is 3.42. The molecule has 16 heavy (non-hydrogen) atoms. The van der Waals surface area contributed by atoms with Crippen molar-refractivity contribution in [1.82, 2.24) is 0 Å². The molecule has 0 fully saturated rings. The molecule has 0 bridgehead atoms. The Morgan fingerprint density at radius 3 is 2.81 bits per heavy atom. The molecule has 5 nitrogen and oxygen atoms in total. The number of carboxylic acid groups (broad SMARTS) is 1. The summed E-state index contributed by atoms with van der Waals surface area (Å²) in [5.41, 5.74) is 6.17. The smallest absolute Gasteiger partial charge is 0.336 e. The van der Waals surface area contributed by atoms with Crippen molar-refractivity contribution in [2.75, 3.05) is 5.73 Å². The van der Waals surface area contributed by atoms with Gasteiger partial charge in [0, 0.05) is 23.2 Å². The Balaban J connectivity index is 2.72. The van der Waals surface area contributed by atoms with Gasteiger partial charge in [-0.2, -0.15) is 0 Å². The first kappa shape index (κ1) is 10.2. The Labute approximate surface area is 90.1 Å². The summed E-state index contributed by atoms with van der Waals surface area (Å²) in [5.74, 6) is -0.997. The first-order valence-electron chi connectivity index (χ1n) is 4.60.